The van der Waals surface area contributed by atoms with E-state index >= 15 is 0 Å². The molecule has 2 aliphatic carbocycles. The third-order valence-electron chi connectivity index (χ3n) is 3.92. The van der Waals surface area contributed by atoms with Gasteiger partial charge in [-0.1, -0.05) is 12.2 Å². The second-order valence-electron chi connectivity index (χ2n) is 4.80. The Hall–Kier alpha value is -2.10. The summed E-state index contributed by atoms with van der Waals surface area (Å²) in [7, 11) is 2.73. The molecular weight excluding hydrogens is 244 g/mol. The quantitative estimate of drug-likeness (QED) is 0.603. The Balaban J connectivity index is 2.21. The molecule has 0 saturated heterocycles. The van der Waals surface area contributed by atoms with E-state index in [4.69, 9.17) is 9.47 Å². The minimum Gasteiger partial charge on any atom is -0.465 e. The molecule has 0 radical (unpaired) electrons. The number of hydrogen-bond acceptors (Lipinski definition) is 4. The van der Waals surface area contributed by atoms with E-state index in [1.54, 1.807) is 12.1 Å². The van der Waals surface area contributed by atoms with Gasteiger partial charge in [0.05, 0.1) is 25.3 Å². The molecule has 3 rings (SSSR count). The van der Waals surface area contributed by atoms with Gasteiger partial charge in [-0.25, -0.2) is 9.59 Å². The lowest BCUT2D eigenvalue weighted by Gasteiger charge is -2.17. The first-order valence-electron chi connectivity index (χ1n) is 6.19. The summed E-state index contributed by atoms with van der Waals surface area (Å²) in [4.78, 5) is 23.7. The highest BCUT2D eigenvalue weighted by Gasteiger charge is 2.39. The molecule has 1 aromatic carbocycles. The molecule has 0 aliphatic heterocycles. The average molecular weight is 258 g/mol. The van der Waals surface area contributed by atoms with Gasteiger partial charge in [-0.3, -0.25) is 0 Å². The summed E-state index contributed by atoms with van der Waals surface area (Å²) >= 11 is 0. The number of benzene rings is 1. The van der Waals surface area contributed by atoms with Crippen molar-refractivity contribution in [2.45, 2.75) is 18.3 Å². The van der Waals surface area contributed by atoms with Crippen LogP contribution in [0, 0.1) is 0 Å². The molecule has 98 valence electrons. The molecule has 19 heavy (non-hydrogen) atoms. The summed E-state index contributed by atoms with van der Waals surface area (Å²) in [5, 5.41) is 0. The highest BCUT2D eigenvalue weighted by molar-refractivity contribution is 5.97. The van der Waals surface area contributed by atoms with Crippen LogP contribution < -0.4 is 0 Å². The Labute approximate surface area is 111 Å². The van der Waals surface area contributed by atoms with E-state index in [0.29, 0.717) is 11.1 Å². The summed E-state index contributed by atoms with van der Waals surface area (Å²) in [5.41, 5.74) is 2.98. The number of methoxy groups -OCH3 is 2. The van der Waals surface area contributed by atoms with Crippen LogP contribution in [0.2, 0.25) is 0 Å². The summed E-state index contributed by atoms with van der Waals surface area (Å²) in [5.74, 6) is -0.292. The number of esters is 2. The Morgan fingerprint density at radius 2 is 1.37 bits per heavy atom. The van der Waals surface area contributed by atoms with Crippen LogP contribution >= 0.6 is 0 Å². The fourth-order valence-corrected chi connectivity index (χ4v) is 3.14. The lowest BCUT2D eigenvalue weighted by Crippen LogP contribution is -2.13. The summed E-state index contributed by atoms with van der Waals surface area (Å²) in [6, 6.07) is 3.32. The van der Waals surface area contributed by atoms with Gasteiger partial charge in [-0.15, -0.1) is 0 Å². The first-order valence-corrected chi connectivity index (χ1v) is 6.19. The predicted octanol–water partition coefficient (Wildman–Crippen LogP) is 2.40. The smallest absolute Gasteiger partial charge is 0.338 e. The number of hydrogen-bond donors (Lipinski definition) is 0. The van der Waals surface area contributed by atoms with Crippen LogP contribution in [-0.2, 0) is 9.47 Å². The predicted molar refractivity (Wildman–Crippen MR) is 68.4 cm³/mol. The van der Waals surface area contributed by atoms with Gasteiger partial charge in [0.15, 0.2) is 0 Å². The van der Waals surface area contributed by atoms with Crippen molar-refractivity contribution in [3.05, 3.63) is 46.5 Å². The Morgan fingerprint density at radius 3 is 1.74 bits per heavy atom. The van der Waals surface area contributed by atoms with Crippen molar-refractivity contribution >= 4 is 11.9 Å². The number of fused-ring (bicyclic) bond motifs is 5. The number of carbonyl (C=O) groups is 2. The van der Waals surface area contributed by atoms with Gasteiger partial charge < -0.3 is 9.47 Å². The fourth-order valence-electron chi connectivity index (χ4n) is 3.14. The molecule has 4 nitrogen and oxygen atoms in total. The molecule has 0 heterocycles. The van der Waals surface area contributed by atoms with Crippen LogP contribution in [-0.4, -0.2) is 26.2 Å². The normalized spacial score (nSPS) is 22.2. The maximum Gasteiger partial charge on any atom is 0.338 e. The zero-order valence-corrected chi connectivity index (χ0v) is 10.8. The number of rotatable bonds is 2. The number of allylic oxidation sites excluding steroid dienone is 2. The molecule has 1 aromatic rings. The van der Waals surface area contributed by atoms with Crippen molar-refractivity contribution in [1.29, 1.82) is 0 Å². The van der Waals surface area contributed by atoms with Gasteiger partial charge >= 0.3 is 11.9 Å². The van der Waals surface area contributed by atoms with Gasteiger partial charge in [0.1, 0.15) is 0 Å². The summed E-state index contributed by atoms with van der Waals surface area (Å²) in [6.45, 7) is 0. The Kier molecular flexibility index (Phi) is 2.66. The summed E-state index contributed by atoms with van der Waals surface area (Å²) in [6.07, 6.45) is 5.12. The SMILES string of the molecule is COC(=O)c1ccc(C(=O)OC)c2c1C1C=CC2C1. The maximum absolute atomic E-state index is 11.8. The van der Waals surface area contributed by atoms with Crippen molar-refractivity contribution in [2.24, 2.45) is 0 Å². The second kappa shape index (κ2) is 4.23. The van der Waals surface area contributed by atoms with Crippen molar-refractivity contribution in [3.8, 4) is 0 Å². The molecule has 0 amide bonds. The van der Waals surface area contributed by atoms with Crippen molar-refractivity contribution < 1.29 is 19.1 Å². The molecule has 0 fully saturated rings. The highest BCUT2D eigenvalue weighted by Crippen LogP contribution is 2.51. The Bertz CT molecular complexity index is 549. The van der Waals surface area contributed by atoms with Crippen LogP contribution in [0.1, 0.15) is 50.1 Å². The first-order chi connectivity index (χ1) is 9.17. The minimum atomic E-state index is -0.353. The average Bonchev–Trinajstić information content (AvgIpc) is 3.06. The fraction of sp³-hybridized carbons (Fsp3) is 0.333. The van der Waals surface area contributed by atoms with E-state index < -0.39 is 0 Å². The van der Waals surface area contributed by atoms with Crippen molar-refractivity contribution in [3.63, 3.8) is 0 Å². The number of ether oxygens (including phenoxy) is 2. The van der Waals surface area contributed by atoms with Crippen LogP contribution in [0.5, 0.6) is 0 Å². The Morgan fingerprint density at radius 1 is 0.947 bits per heavy atom. The van der Waals surface area contributed by atoms with Crippen LogP contribution in [0.25, 0.3) is 0 Å². The van der Waals surface area contributed by atoms with Gasteiger partial charge in [0.2, 0.25) is 0 Å². The first kappa shape index (κ1) is 12.0. The molecule has 4 heteroatoms. The van der Waals surface area contributed by atoms with Crippen LogP contribution in [0.4, 0.5) is 0 Å². The van der Waals surface area contributed by atoms with E-state index in [1.165, 1.54) is 14.2 Å². The van der Waals surface area contributed by atoms with E-state index in [2.05, 4.69) is 12.2 Å². The molecule has 2 atom stereocenters. The van der Waals surface area contributed by atoms with Gasteiger partial charge in [-0.05, 0) is 29.7 Å². The lowest BCUT2D eigenvalue weighted by atomic mass is 9.88. The monoisotopic (exact) mass is 258 g/mol. The largest absolute Gasteiger partial charge is 0.465 e. The third kappa shape index (κ3) is 1.59. The van der Waals surface area contributed by atoms with Gasteiger partial charge in [0.25, 0.3) is 0 Å². The molecule has 0 spiro atoms. The molecule has 2 bridgehead atoms. The van der Waals surface area contributed by atoms with Gasteiger partial charge in [-0.2, -0.15) is 0 Å². The lowest BCUT2D eigenvalue weighted by molar-refractivity contribution is 0.0585. The standard InChI is InChI=1S/C15H14O4/c1-18-14(16)10-5-6-11(15(17)19-2)13-9-4-3-8(7-9)12(10)13/h3-6,8-9H,7H2,1-2H3. The zero-order valence-electron chi connectivity index (χ0n) is 10.8. The minimum absolute atomic E-state index is 0.207. The highest BCUT2D eigenvalue weighted by atomic mass is 16.5. The van der Waals surface area contributed by atoms with Crippen LogP contribution in [0.3, 0.4) is 0 Å². The molecule has 0 N–H and O–H groups in total. The second-order valence-corrected chi connectivity index (χ2v) is 4.80. The molecule has 2 aliphatic rings. The number of carbonyl (C=O) groups excluding carboxylic acids is 2. The van der Waals surface area contributed by atoms with E-state index in [-0.39, 0.29) is 23.8 Å². The van der Waals surface area contributed by atoms with Crippen LogP contribution in [0.15, 0.2) is 24.3 Å². The van der Waals surface area contributed by atoms with E-state index in [1.807, 2.05) is 0 Å². The summed E-state index contributed by atoms with van der Waals surface area (Å²) < 4.78 is 9.63. The van der Waals surface area contributed by atoms with E-state index in [9.17, 15) is 9.59 Å². The molecular formula is C15H14O4. The molecule has 2 unspecified atom stereocenters. The van der Waals surface area contributed by atoms with Crippen molar-refractivity contribution in [2.75, 3.05) is 14.2 Å². The van der Waals surface area contributed by atoms with Crippen molar-refractivity contribution in [1.82, 2.24) is 0 Å². The van der Waals surface area contributed by atoms with E-state index in [0.717, 1.165) is 17.5 Å². The topological polar surface area (TPSA) is 52.6 Å². The zero-order chi connectivity index (χ0) is 13.6. The maximum atomic E-state index is 11.8. The van der Waals surface area contributed by atoms with Gasteiger partial charge in [0, 0.05) is 11.8 Å². The third-order valence-corrected chi connectivity index (χ3v) is 3.92. The molecule has 0 saturated carbocycles. The molecule has 0 aromatic heterocycles.